The number of para-hydroxylation sites is 1. The number of ether oxygens (including phenoxy) is 2. The van der Waals surface area contributed by atoms with Gasteiger partial charge in [-0.05, 0) is 37.6 Å². The molecule has 0 spiro atoms. The molecule has 2 aromatic carbocycles. The lowest BCUT2D eigenvalue weighted by Gasteiger charge is -2.16. The Morgan fingerprint density at radius 3 is 2.43 bits per heavy atom. The van der Waals surface area contributed by atoms with E-state index in [-0.39, 0.29) is 6.04 Å². The predicted octanol–water partition coefficient (Wildman–Crippen LogP) is 3.94. The van der Waals surface area contributed by atoms with Crippen molar-refractivity contribution in [1.29, 1.82) is 0 Å². The van der Waals surface area contributed by atoms with Gasteiger partial charge in [-0.1, -0.05) is 30.3 Å². The third kappa shape index (κ3) is 4.23. The van der Waals surface area contributed by atoms with E-state index in [1.807, 2.05) is 37.3 Å². The second-order valence-corrected chi connectivity index (χ2v) is 4.92. The predicted molar refractivity (Wildman–Crippen MR) is 85.9 cm³/mol. The fraction of sp³-hybridized carbons (Fsp3) is 0.333. The second kappa shape index (κ2) is 7.70. The molecule has 2 aromatic rings. The van der Waals surface area contributed by atoms with Crippen LogP contribution in [0.3, 0.4) is 0 Å². The molecule has 0 amide bonds. The molecule has 2 rings (SSSR count). The molecular weight excluding hydrogens is 262 g/mol. The minimum absolute atomic E-state index is 0.269. The van der Waals surface area contributed by atoms with Gasteiger partial charge in [-0.15, -0.1) is 0 Å². The Morgan fingerprint density at radius 2 is 1.76 bits per heavy atom. The summed E-state index contributed by atoms with van der Waals surface area (Å²) in [7, 11) is 1.68. The molecule has 0 aliphatic heterocycles. The number of rotatable bonds is 7. The quantitative estimate of drug-likeness (QED) is 0.835. The summed E-state index contributed by atoms with van der Waals surface area (Å²) in [6, 6.07) is 16.6. The smallest absolute Gasteiger partial charge is 0.123 e. The highest BCUT2D eigenvalue weighted by atomic mass is 16.5. The molecule has 0 fully saturated rings. The van der Waals surface area contributed by atoms with Crippen molar-refractivity contribution in [2.24, 2.45) is 0 Å². The molecule has 0 saturated heterocycles. The maximum Gasteiger partial charge on any atom is 0.123 e. The minimum Gasteiger partial charge on any atom is -0.497 e. The maximum absolute atomic E-state index is 5.65. The molecule has 0 heterocycles. The van der Waals surface area contributed by atoms with Gasteiger partial charge in [-0.3, -0.25) is 0 Å². The Bertz CT molecular complexity index is 551. The number of methoxy groups -OCH3 is 1. The molecule has 0 unspecified atom stereocenters. The third-order valence-electron chi connectivity index (χ3n) is 3.49. The summed E-state index contributed by atoms with van der Waals surface area (Å²) >= 11 is 0. The summed E-state index contributed by atoms with van der Waals surface area (Å²) in [4.78, 5) is 0. The molecule has 3 heteroatoms. The van der Waals surface area contributed by atoms with Crippen LogP contribution in [0.1, 0.15) is 31.0 Å². The number of nitrogens with one attached hydrogen (secondary N) is 1. The molecule has 0 saturated carbocycles. The van der Waals surface area contributed by atoms with Crippen molar-refractivity contribution in [2.75, 3.05) is 13.7 Å². The largest absolute Gasteiger partial charge is 0.497 e. The van der Waals surface area contributed by atoms with Crippen molar-refractivity contribution in [2.45, 2.75) is 26.4 Å². The van der Waals surface area contributed by atoms with E-state index in [4.69, 9.17) is 9.47 Å². The summed E-state index contributed by atoms with van der Waals surface area (Å²) in [6.45, 7) is 5.63. The minimum atomic E-state index is 0.269. The molecule has 112 valence electrons. The van der Waals surface area contributed by atoms with Crippen LogP contribution in [0.15, 0.2) is 48.5 Å². The molecular formula is C18H23NO2. The Balaban J connectivity index is 1.98. The fourth-order valence-electron chi connectivity index (χ4n) is 2.22. The Kier molecular flexibility index (Phi) is 5.64. The van der Waals surface area contributed by atoms with E-state index in [1.54, 1.807) is 7.11 Å². The first kappa shape index (κ1) is 15.4. The molecule has 0 aliphatic rings. The Hall–Kier alpha value is -2.00. The molecule has 1 N–H and O–H groups in total. The van der Waals surface area contributed by atoms with Crippen LogP contribution in [-0.2, 0) is 6.54 Å². The van der Waals surface area contributed by atoms with Gasteiger partial charge < -0.3 is 14.8 Å². The van der Waals surface area contributed by atoms with Gasteiger partial charge in [0.25, 0.3) is 0 Å². The lowest BCUT2D eigenvalue weighted by molar-refractivity contribution is 0.335. The van der Waals surface area contributed by atoms with Gasteiger partial charge in [-0.25, -0.2) is 0 Å². The number of hydrogen-bond donors (Lipinski definition) is 1. The second-order valence-electron chi connectivity index (χ2n) is 4.92. The molecule has 0 aromatic heterocycles. The van der Waals surface area contributed by atoms with E-state index in [9.17, 15) is 0 Å². The van der Waals surface area contributed by atoms with Gasteiger partial charge in [0.05, 0.1) is 13.7 Å². The lowest BCUT2D eigenvalue weighted by atomic mass is 10.1. The van der Waals surface area contributed by atoms with Gasteiger partial charge in [0, 0.05) is 18.2 Å². The van der Waals surface area contributed by atoms with Crippen LogP contribution in [0, 0.1) is 0 Å². The van der Waals surface area contributed by atoms with Crippen molar-refractivity contribution in [3.05, 3.63) is 59.7 Å². The third-order valence-corrected chi connectivity index (χ3v) is 3.49. The van der Waals surface area contributed by atoms with Gasteiger partial charge in [0.15, 0.2) is 0 Å². The molecule has 21 heavy (non-hydrogen) atoms. The highest BCUT2D eigenvalue weighted by Gasteiger charge is 2.07. The number of hydrogen-bond acceptors (Lipinski definition) is 3. The molecule has 1 atom stereocenters. The summed E-state index contributed by atoms with van der Waals surface area (Å²) < 4.78 is 10.8. The van der Waals surface area contributed by atoms with Crippen LogP contribution in [-0.4, -0.2) is 13.7 Å². The van der Waals surface area contributed by atoms with E-state index >= 15 is 0 Å². The summed E-state index contributed by atoms with van der Waals surface area (Å²) in [6.07, 6.45) is 0. The monoisotopic (exact) mass is 285 g/mol. The van der Waals surface area contributed by atoms with Crippen LogP contribution >= 0.6 is 0 Å². The van der Waals surface area contributed by atoms with Crippen LogP contribution in [0.5, 0.6) is 11.5 Å². The maximum atomic E-state index is 5.65. The van der Waals surface area contributed by atoms with Gasteiger partial charge in [0.1, 0.15) is 11.5 Å². The highest BCUT2D eigenvalue weighted by molar-refractivity contribution is 5.33. The zero-order chi connectivity index (χ0) is 15.1. The normalized spacial score (nSPS) is 12.0. The van der Waals surface area contributed by atoms with Crippen molar-refractivity contribution < 1.29 is 9.47 Å². The van der Waals surface area contributed by atoms with Gasteiger partial charge in [-0.2, -0.15) is 0 Å². The molecule has 0 bridgehead atoms. The van der Waals surface area contributed by atoms with Crippen molar-refractivity contribution in [1.82, 2.24) is 5.32 Å². The van der Waals surface area contributed by atoms with Gasteiger partial charge in [0.2, 0.25) is 0 Å². The van der Waals surface area contributed by atoms with Crippen molar-refractivity contribution in [3.63, 3.8) is 0 Å². The first-order valence-electron chi connectivity index (χ1n) is 7.32. The topological polar surface area (TPSA) is 30.5 Å². The van der Waals surface area contributed by atoms with Crippen molar-refractivity contribution >= 4 is 0 Å². The first-order valence-corrected chi connectivity index (χ1v) is 7.32. The zero-order valence-corrected chi connectivity index (χ0v) is 12.9. The highest BCUT2D eigenvalue weighted by Crippen LogP contribution is 2.21. The van der Waals surface area contributed by atoms with E-state index in [0.29, 0.717) is 6.61 Å². The summed E-state index contributed by atoms with van der Waals surface area (Å²) in [5, 5.41) is 3.53. The van der Waals surface area contributed by atoms with E-state index in [2.05, 4.69) is 30.4 Å². The Morgan fingerprint density at radius 1 is 1.05 bits per heavy atom. The summed E-state index contributed by atoms with van der Waals surface area (Å²) in [5.74, 6) is 1.84. The lowest BCUT2D eigenvalue weighted by Crippen LogP contribution is -2.18. The van der Waals surface area contributed by atoms with Crippen LogP contribution in [0.2, 0.25) is 0 Å². The first-order chi connectivity index (χ1) is 10.2. The number of benzene rings is 2. The van der Waals surface area contributed by atoms with E-state index in [1.165, 1.54) is 11.1 Å². The van der Waals surface area contributed by atoms with Crippen LogP contribution < -0.4 is 14.8 Å². The van der Waals surface area contributed by atoms with E-state index in [0.717, 1.165) is 18.0 Å². The van der Waals surface area contributed by atoms with Gasteiger partial charge >= 0.3 is 0 Å². The summed E-state index contributed by atoms with van der Waals surface area (Å²) in [5.41, 5.74) is 2.42. The standard InChI is InChI=1S/C18H23NO2/c1-4-21-18-8-6-5-7-16(18)13-19-14(2)15-9-11-17(20-3)12-10-15/h5-12,14,19H,4,13H2,1-3H3/t14-/m0/s1. The average Bonchev–Trinajstić information content (AvgIpc) is 2.54. The SMILES string of the molecule is CCOc1ccccc1CN[C@@H](C)c1ccc(OC)cc1. The van der Waals surface area contributed by atoms with Crippen molar-refractivity contribution in [3.8, 4) is 11.5 Å². The van der Waals surface area contributed by atoms with Crippen LogP contribution in [0.25, 0.3) is 0 Å². The zero-order valence-electron chi connectivity index (χ0n) is 12.9. The van der Waals surface area contributed by atoms with Crippen LogP contribution in [0.4, 0.5) is 0 Å². The molecule has 0 radical (unpaired) electrons. The molecule has 3 nitrogen and oxygen atoms in total. The van der Waals surface area contributed by atoms with E-state index < -0.39 is 0 Å². The fourth-order valence-corrected chi connectivity index (χ4v) is 2.22. The average molecular weight is 285 g/mol. The molecule has 0 aliphatic carbocycles. The Labute approximate surface area is 126 Å².